The summed E-state index contributed by atoms with van der Waals surface area (Å²) < 4.78 is 67.4. The van der Waals surface area contributed by atoms with Crippen molar-refractivity contribution in [3.63, 3.8) is 0 Å². The normalized spacial score (nSPS) is 13.8. The minimum atomic E-state index is -4.71. The minimum Gasteiger partial charge on any atom is -0.369 e. The van der Waals surface area contributed by atoms with Gasteiger partial charge in [-0.05, 0) is 64.4 Å². The van der Waals surface area contributed by atoms with Crippen molar-refractivity contribution in [2.24, 2.45) is 0 Å². The molecule has 1 atom stereocenters. The van der Waals surface area contributed by atoms with Gasteiger partial charge >= 0.3 is 6.18 Å². The molecule has 1 aliphatic rings. The van der Waals surface area contributed by atoms with E-state index < -0.39 is 36.0 Å². The zero-order chi connectivity index (χ0) is 30.3. The van der Waals surface area contributed by atoms with Gasteiger partial charge in [0, 0.05) is 29.8 Å². The van der Waals surface area contributed by atoms with Crippen LogP contribution in [-0.4, -0.2) is 42.2 Å². The van der Waals surface area contributed by atoms with Crippen LogP contribution in [0.15, 0.2) is 30.6 Å². The number of rotatable bonds is 11. The van der Waals surface area contributed by atoms with E-state index >= 15 is 0 Å². The Morgan fingerprint density at radius 3 is 2.13 bits per heavy atom. The maximum Gasteiger partial charge on any atom is 0.433 e. The molecule has 0 radical (unpaired) electrons. The van der Waals surface area contributed by atoms with Crippen molar-refractivity contribution in [2.75, 3.05) is 25.0 Å². The average molecular weight is 549 g/mol. The van der Waals surface area contributed by atoms with Gasteiger partial charge in [0.15, 0.2) is 6.23 Å². The highest BCUT2D eigenvalue weighted by Gasteiger charge is 2.43. The van der Waals surface area contributed by atoms with Crippen LogP contribution in [-0.2, 0) is 6.18 Å². The summed E-state index contributed by atoms with van der Waals surface area (Å²) in [4.78, 5) is 5.11. The van der Waals surface area contributed by atoms with Crippen LogP contribution in [0.3, 0.4) is 0 Å². The summed E-state index contributed by atoms with van der Waals surface area (Å²) in [5.74, 6) is -0.403. The average Bonchev–Trinajstić information content (AvgIpc) is 3.74. The Morgan fingerprint density at radius 2 is 1.74 bits per heavy atom. The second-order valence-electron chi connectivity index (χ2n) is 8.44. The molecule has 2 rings (SSSR count). The molecular formula is C28H45F5N4O. The lowest BCUT2D eigenvalue weighted by atomic mass is 9.97. The molecule has 1 saturated carbocycles. The third-order valence-corrected chi connectivity index (χ3v) is 5.49. The van der Waals surface area contributed by atoms with Crippen LogP contribution in [0, 0.1) is 12.8 Å². The van der Waals surface area contributed by atoms with Gasteiger partial charge in [-0.15, -0.1) is 12.8 Å². The van der Waals surface area contributed by atoms with Crippen LogP contribution in [0.25, 0.3) is 0 Å². The number of alkyl halides is 5. The van der Waals surface area contributed by atoms with Gasteiger partial charge in [0.25, 0.3) is 6.43 Å². The molecule has 0 aliphatic heterocycles. The summed E-state index contributed by atoms with van der Waals surface area (Å²) >= 11 is 0. The van der Waals surface area contributed by atoms with E-state index in [1.54, 1.807) is 20.0 Å². The maximum absolute atomic E-state index is 13.8. The highest BCUT2D eigenvalue weighted by molar-refractivity contribution is 5.60. The summed E-state index contributed by atoms with van der Waals surface area (Å²) in [6.07, 6.45) is 4.27. The second-order valence-corrected chi connectivity index (χ2v) is 8.44. The Hall–Kier alpha value is -2.64. The highest BCUT2D eigenvalue weighted by Crippen LogP contribution is 2.49. The molecule has 1 aromatic heterocycles. The zero-order valence-corrected chi connectivity index (χ0v) is 23.9. The Bertz CT molecular complexity index is 878. The van der Waals surface area contributed by atoms with Crippen molar-refractivity contribution in [1.29, 1.82) is 0 Å². The number of hydrogen-bond donors (Lipinski definition) is 3. The summed E-state index contributed by atoms with van der Waals surface area (Å²) in [6.45, 7) is 16.7. The Morgan fingerprint density at radius 1 is 1.21 bits per heavy atom. The third-order valence-electron chi connectivity index (χ3n) is 5.49. The molecule has 1 fully saturated rings. The molecule has 0 spiro atoms. The first kappa shape index (κ1) is 37.5. The topological polar surface area (TPSA) is 60.4 Å². The van der Waals surface area contributed by atoms with Crippen LogP contribution in [0.2, 0.25) is 0 Å². The van der Waals surface area contributed by atoms with E-state index in [1.807, 2.05) is 41.5 Å². The molecule has 38 heavy (non-hydrogen) atoms. The van der Waals surface area contributed by atoms with Crippen LogP contribution in [0.5, 0.6) is 0 Å². The minimum absolute atomic E-state index is 0.00524. The van der Waals surface area contributed by atoms with E-state index in [-0.39, 0.29) is 35.5 Å². The Labute approximate surface area is 225 Å². The summed E-state index contributed by atoms with van der Waals surface area (Å²) in [6, 6.07) is 0. The molecule has 3 N–H and O–H groups in total. The largest absolute Gasteiger partial charge is 0.433 e. The van der Waals surface area contributed by atoms with E-state index in [2.05, 4.69) is 35.0 Å². The number of nitrogens with zero attached hydrogens (tertiary/aromatic N) is 2. The second kappa shape index (κ2) is 17.8. The van der Waals surface area contributed by atoms with Crippen LogP contribution in [0.1, 0.15) is 90.3 Å². The van der Waals surface area contributed by atoms with E-state index in [9.17, 15) is 27.1 Å². The fraction of sp³-hybridized carbons (Fsp3) is 0.607. The molecule has 0 aromatic carbocycles. The number of aliphatic hydroxyl groups excluding tert-OH is 1. The van der Waals surface area contributed by atoms with Gasteiger partial charge in [0.2, 0.25) is 0 Å². The lowest BCUT2D eigenvalue weighted by molar-refractivity contribution is -0.142. The number of anilines is 1. The van der Waals surface area contributed by atoms with Crippen molar-refractivity contribution in [3.8, 4) is 12.8 Å². The molecule has 0 saturated heterocycles. The monoisotopic (exact) mass is 548 g/mol. The van der Waals surface area contributed by atoms with Crippen LogP contribution >= 0.6 is 0 Å². The molecule has 218 valence electrons. The van der Waals surface area contributed by atoms with Crippen LogP contribution < -0.4 is 15.5 Å². The lowest BCUT2D eigenvalue weighted by Crippen LogP contribution is -2.34. The number of aromatic nitrogens is 1. The number of halogens is 5. The fourth-order valence-electron chi connectivity index (χ4n) is 3.28. The number of nitrogens with one attached hydrogen (secondary N) is 2. The van der Waals surface area contributed by atoms with E-state index in [0.29, 0.717) is 12.8 Å². The van der Waals surface area contributed by atoms with E-state index in [4.69, 9.17) is 0 Å². The zero-order valence-electron chi connectivity index (χ0n) is 23.9. The van der Waals surface area contributed by atoms with Gasteiger partial charge in [0.1, 0.15) is 5.69 Å². The first-order valence-corrected chi connectivity index (χ1v) is 12.8. The number of terminal acetylenes is 1. The third kappa shape index (κ3) is 11.4. The first-order valence-electron chi connectivity index (χ1n) is 12.8. The molecule has 1 heterocycles. The summed E-state index contributed by atoms with van der Waals surface area (Å²) in [5.41, 5.74) is -1.76. The van der Waals surface area contributed by atoms with E-state index in [0.717, 1.165) is 6.20 Å². The molecular weight excluding hydrogens is 503 g/mol. The SMILES string of the molecule is C#C.C=C(CN(CC)c1cnc(C(F)(F)F)c(C2CC2)c1C(O)N/C=C/C(C)(C)NC)C(F)F.CC.CC. The molecule has 0 amide bonds. The highest BCUT2D eigenvalue weighted by atomic mass is 19.4. The number of aliphatic hydroxyl groups is 1. The van der Waals surface area contributed by atoms with Gasteiger partial charge in [-0.1, -0.05) is 34.3 Å². The first-order chi connectivity index (χ1) is 17.8. The smallest absolute Gasteiger partial charge is 0.369 e. The molecule has 5 nitrogen and oxygen atoms in total. The number of pyridine rings is 1. The Balaban J connectivity index is 0. The quantitative estimate of drug-likeness (QED) is 0.120. The standard InChI is InChI=1S/C22H31F5N4O.2C2H6.C2H2/c1-6-31(12-13(2)19(23)24)15-11-30-18(22(25,26)27)16(14-7-8-14)17(15)20(32)29-10-9-21(3,4)28-5;3*1-2/h9-11,14,19-20,28-29,32H,2,6-8,12H2,1,3-5H3;2*1-2H3;1-2H/b10-9+;;;. The van der Waals surface area contributed by atoms with Gasteiger partial charge in [-0.25, -0.2) is 13.8 Å². The van der Waals surface area contributed by atoms with Crippen molar-refractivity contribution in [3.05, 3.63) is 47.4 Å². The van der Waals surface area contributed by atoms with Gasteiger partial charge in [-0.3, -0.25) is 0 Å². The van der Waals surface area contributed by atoms with Crippen LogP contribution in [0.4, 0.5) is 27.6 Å². The predicted molar refractivity (Wildman–Crippen MR) is 147 cm³/mol. The van der Waals surface area contributed by atoms with Crippen molar-refractivity contribution >= 4 is 5.69 Å². The molecule has 0 bridgehead atoms. The molecule has 1 unspecified atom stereocenters. The number of likely N-dealkylation sites (N-methyl/N-ethyl adjacent to an activating group) is 2. The molecule has 10 heteroatoms. The van der Waals surface area contributed by atoms with Gasteiger partial charge in [0.05, 0.1) is 11.9 Å². The van der Waals surface area contributed by atoms with Gasteiger partial charge < -0.3 is 20.6 Å². The summed E-state index contributed by atoms with van der Waals surface area (Å²) in [5, 5.41) is 16.7. The maximum atomic E-state index is 13.8. The van der Waals surface area contributed by atoms with Crippen molar-refractivity contribution in [2.45, 2.75) is 91.6 Å². The summed E-state index contributed by atoms with van der Waals surface area (Å²) in [7, 11) is 1.75. The predicted octanol–water partition coefficient (Wildman–Crippen LogP) is 7.02. The van der Waals surface area contributed by atoms with Gasteiger partial charge in [-0.2, -0.15) is 13.2 Å². The van der Waals surface area contributed by atoms with Crippen molar-refractivity contribution < 1.29 is 27.1 Å². The molecule has 1 aliphatic carbocycles. The number of hydrogen-bond acceptors (Lipinski definition) is 5. The fourth-order valence-corrected chi connectivity index (χ4v) is 3.28. The molecule has 1 aromatic rings. The lowest BCUT2D eigenvalue weighted by Gasteiger charge is -2.30. The Kier molecular flexibility index (Phi) is 17.6. The van der Waals surface area contributed by atoms with E-state index in [1.165, 1.54) is 11.1 Å². The van der Waals surface area contributed by atoms with Crippen molar-refractivity contribution in [1.82, 2.24) is 15.6 Å².